The minimum Gasteiger partial charge on any atom is -0.399 e. The topological polar surface area (TPSA) is 41.7 Å². The molecule has 0 saturated carbocycles. The van der Waals surface area contributed by atoms with Crippen LogP contribution in [0, 0.1) is 0 Å². The van der Waals surface area contributed by atoms with Crippen LogP contribution in [0.5, 0.6) is 0 Å². The van der Waals surface area contributed by atoms with E-state index in [0.29, 0.717) is 0 Å². The molecule has 1 heterocycles. The van der Waals surface area contributed by atoms with Crippen LogP contribution in [0.2, 0.25) is 0 Å². The average Bonchev–Trinajstić information content (AvgIpc) is 2.58. The normalized spacial score (nSPS) is 16.7. The molecule has 4 heteroatoms. The van der Waals surface area contributed by atoms with Gasteiger partial charge in [-0.1, -0.05) is 25.5 Å². The van der Waals surface area contributed by atoms with E-state index in [1.807, 2.05) is 12.1 Å². The Kier molecular flexibility index (Phi) is 8.43. The van der Waals surface area contributed by atoms with Gasteiger partial charge >= 0.3 is 0 Å². The summed E-state index contributed by atoms with van der Waals surface area (Å²) in [6, 6.07) is 8.27. The first-order valence-corrected chi connectivity index (χ1v) is 9.15. The van der Waals surface area contributed by atoms with Crippen molar-refractivity contribution in [3.05, 3.63) is 29.8 Å². The maximum absolute atomic E-state index is 5.74. The van der Waals surface area contributed by atoms with E-state index in [2.05, 4.69) is 28.9 Å². The molecule has 130 valence electrons. The lowest BCUT2D eigenvalue weighted by molar-refractivity contribution is 0.109. The number of nitrogen functional groups attached to an aromatic ring is 1. The molecule has 0 amide bonds. The zero-order chi connectivity index (χ0) is 16.3. The number of anilines is 1. The van der Waals surface area contributed by atoms with Crippen LogP contribution in [-0.2, 0) is 11.3 Å². The Labute approximate surface area is 141 Å². The van der Waals surface area contributed by atoms with E-state index in [1.165, 1.54) is 50.9 Å². The van der Waals surface area contributed by atoms with Crippen LogP contribution in [0.15, 0.2) is 24.3 Å². The zero-order valence-electron chi connectivity index (χ0n) is 14.7. The molecule has 23 heavy (non-hydrogen) atoms. The fourth-order valence-electron chi connectivity index (χ4n) is 2.94. The van der Waals surface area contributed by atoms with Gasteiger partial charge in [-0.05, 0) is 43.5 Å². The van der Waals surface area contributed by atoms with Crippen molar-refractivity contribution in [2.24, 2.45) is 0 Å². The summed E-state index contributed by atoms with van der Waals surface area (Å²) < 4.78 is 5.62. The smallest absolute Gasteiger partial charge is 0.0466 e. The van der Waals surface area contributed by atoms with E-state index >= 15 is 0 Å². The second-order valence-electron chi connectivity index (χ2n) is 6.53. The zero-order valence-corrected chi connectivity index (χ0v) is 14.7. The largest absolute Gasteiger partial charge is 0.399 e. The summed E-state index contributed by atoms with van der Waals surface area (Å²) in [7, 11) is 0. The van der Waals surface area contributed by atoms with E-state index in [-0.39, 0.29) is 0 Å². The molecular weight excluding hydrogens is 286 g/mol. The quantitative estimate of drug-likeness (QED) is 0.532. The van der Waals surface area contributed by atoms with E-state index < -0.39 is 0 Å². The van der Waals surface area contributed by atoms with E-state index in [9.17, 15) is 0 Å². The van der Waals surface area contributed by atoms with Crippen LogP contribution >= 0.6 is 0 Å². The summed E-state index contributed by atoms with van der Waals surface area (Å²) in [4.78, 5) is 5.13. The van der Waals surface area contributed by atoms with E-state index in [1.54, 1.807) is 0 Å². The number of piperazine rings is 1. The van der Waals surface area contributed by atoms with Crippen LogP contribution in [-0.4, -0.2) is 55.7 Å². The minimum absolute atomic E-state index is 0.845. The molecule has 2 rings (SSSR count). The molecule has 1 saturated heterocycles. The molecule has 1 aliphatic rings. The van der Waals surface area contributed by atoms with Crippen molar-refractivity contribution in [1.29, 1.82) is 0 Å². The number of rotatable bonds is 10. The fourth-order valence-corrected chi connectivity index (χ4v) is 2.94. The maximum Gasteiger partial charge on any atom is 0.0466 e. The molecule has 0 spiro atoms. The van der Waals surface area contributed by atoms with Crippen molar-refractivity contribution in [3.8, 4) is 0 Å². The summed E-state index contributed by atoms with van der Waals surface area (Å²) >= 11 is 0. The Hall–Kier alpha value is -1.10. The van der Waals surface area contributed by atoms with Gasteiger partial charge in [0.1, 0.15) is 0 Å². The van der Waals surface area contributed by atoms with E-state index in [4.69, 9.17) is 10.5 Å². The van der Waals surface area contributed by atoms with Gasteiger partial charge in [0.25, 0.3) is 0 Å². The molecule has 0 radical (unpaired) electrons. The fraction of sp³-hybridized carbons (Fsp3) is 0.684. The van der Waals surface area contributed by atoms with Crippen LogP contribution in [0.3, 0.4) is 0 Å². The lowest BCUT2D eigenvalue weighted by atomic mass is 10.2. The van der Waals surface area contributed by atoms with Gasteiger partial charge in [-0.2, -0.15) is 0 Å². The van der Waals surface area contributed by atoms with Gasteiger partial charge in [-0.3, -0.25) is 4.90 Å². The molecular formula is C19H33N3O. The van der Waals surface area contributed by atoms with Gasteiger partial charge in [0, 0.05) is 51.6 Å². The van der Waals surface area contributed by atoms with Crippen LogP contribution in [0.1, 0.15) is 38.2 Å². The highest BCUT2D eigenvalue weighted by atomic mass is 16.5. The highest BCUT2D eigenvalue weighted by molar-refractivity contribution is 5.39. The SMILES string of the molecule is CCCCOCCCCN1CCN(Cc2ccc(N)cc2)CC1. The van der Waals surface area contributed by atoms with Crippen molar-refractivity contribution < 1.29 is 4.74 Å². The number of unbranched alkanes of at least 4 members (excludes halogenated alkanes) is 2. The Balaban J connectivity index is 1.53. The number of nitrogens with two attached hydrogens (primary N) is 1. The van der Waals surface area contributed by atoms with Crippen LogP contribution in [0.4, 0.5) is 5.69 Å². The predicted molar refractivity (Wildman–Crippen MR) is 97.5 cm³/mol. The monoisotopic (exact) mass is 319 g/mol. The predicted octanol–water partition coefficient (Wildman–Crippen LogP) is 2.98. The average molecular weight is 319 g/mol. The Morgan fingerprint density at radius 1 is 0.913 bits per heavy atom. The van der Waals surface area contributed by atoms with Gasteiger partial charge in [-0.15, -0.1) is 0 Å². The van der Waals surface area contributed by atoms with Gasteiger partial charge < -0.3 is 15.4 Å². The number of benzene rings is 1. The number of hydrogen-bond acceptors (Lipinski definition) is 4. The molecule has 1 aliphatic heterocycles. The first-order chi connectivity index (χ1) is 11.3. The highest BCUT2D eigenvalue weighted by Crippen LogP contribution is 2.11. The van der Waals surface area contributed by atoms with Gasteiger partial charge in [0.15, 0.2) is 0 Å². The van der Waals surface area contributed by atoms with Gasteiger partial charge in [-0.25, -0.2) is 0 Å². The summed E-state index contributed by atoms with van der Waals surface area (Å²) in [6.07, 6.45) is 4.86. The molecule has 0 aliphatic carbocycles. The molecule has 1 aromatic carbocycles. The molecule has 0 aromatic heterocycles. The summed E-state index contributed by atoms with van der Waals surface area (Å²) in [6.45, 7) is 11.0. The van der Waals surface area contributed by atoms with Crippen molar-refractivity contribution in [3.63, 3.8) is 0 Å². The second-order valence-corrected chi connectivity index (χ2v) is 6.53. The first kappa shape index (κ1) is 18.2. The number of hydrogen-bond donors (Lipinski definition) is 1. The highest BCUT2D eigenvalue weighted by Gasteiger charge is 2.16. The van der Waals surface area contributed by atoms with Crippen LogP contribution < -0.4 is 5.73 Å². The third kappa shape index (κ3) is 7.34. The lowest BCUT2D eigenvalue weighted by Crippen LogP contribution is -2.46. The molecule has 0 bridgehead atoms. The second kappa shape index (κ2) is 10.6. The molecule has 2 N–H and O–H groups in total. The van der Waals surface area contributed by atoms with Crippen molar-refractivity contribution >= 4 is 5.69 Å². The molecule has 0 unspecified atom stereocenters. The van der Waals surface area contributed by atoms with Gasteiger partial charge in [0.2, 0.25) is 0 Å². The molecule has 1 fully saturated rings. The summed E-state index contributed by atoms with van der Waals surface area (Å²) in [5.41, 5.74) is 7.94. The third-order valence-corrected chi connectivity index (χ3v) is 4.51. The number of nitrogens with zero attached hydrogens (tertiary/aromatic N) is 2. The van der Waals surface area contributed by atoms with Crippen LogP contribution in [0.25, 0.3) is 0 Å². The van der Waals surface area contributed by atoms with Crippen molar-refractivity contribution in [1.82, 2.24) is 9.80 Å². The molecule has 4 nitrogen and oxygen atoms in total. The minimum atomic E-state index is 0.845. The first-order valence-electron chi connectivity index (χ1n) is 9.15. The Bertz CT molecular complexity index is 413. The standard InChI is InChI=1S/C19H33N3O/c1-2-3-15-23-16-5-4-10-21-11-13-22(14-12-21)17-18-6-8-19(20)9-7-18/h6-9H,2-5,10-17,20H2,1H3. The van der Waals surface area contributed by atoms with Gasteiger partial charge in [0.05, 0.1) is 0 Å². The lowest BCUT2D eigenvalue weighted by Gasteiger charge is -2.34. The Morgan fingerprint density at radius 3 is 2.26 bits per heavy atom. The number of ether oxygens (including phenoxy) is 1. The molecule has 1 aromatic rings. The Morgan fingerprint density at radius 2 is 1.57 bits per heavy atom. The maximum atomic E-state index is 5.74. The third-order valence-electron chi connectivity index (χ3n) is 4.51. The van der Waals surface area contributed by atoms with Crippen molar-refractivity contribution in [2.75, 3.05) is 51.7 Å². The molecule has 0 atom stereocenters. The van der Waals surface area contributed by atoms with E-state index in [0.717, 1.165) is 38.5 Å². The summed E-state index contributed by atoms with van der Waals surface area (Å²) in [5, 5.41) is 0. The summed E-state index contributed by atoms with van der Waals surface area (Å²) in [5.74, 6) is 0. The van der Waals surface area contributed by atoms with Crippen molar-refractivity contribution in [2.45, 2.75) is 39.2 Å².